The number of pyridine rings is 1. The van der Waals surface area contributed by atoms with Crippen LogP contribution in [0, 0.1) is 17.1 Å². The van der Waals surface area contributed by atoms with Crippen LogP contribution >= 0.6 is 0 Å². The zero-order valence-corrected chi connectivity index (χ0v) is 21.2. The SMILES string of the molecule is COC1CCN(C2CCN(c3cc(C#N)nc4c3c(OC(C)C)nn4-c3ccc(F)cc3)CC2)CC1. The van der Waals surface area contributed by atoms with E-state index in [1.54, 1.807) is 23.9 Å². The van der Waals surface area contributed by atoms with Crippen LogP contribution in [0.3, 0.4) is 0 Å². The quantitative estimate of drug-likeness (QED) is 0.508. The number of nitrogens with zero attached hydrogens (tertiary/aromatic N) is 6. The first-order valence-corrected chi connectivity index (χ1v) is 12.7. The van der Waals surface area contributed by atoms with Crippen LogP contribution in [0.15, 0.2) is 30.3 Å². The molecule has 0 amide bonds. The van der Waals surface area contributed by atoms with Crippen LogP contribution in [-0.4, -0.2) is 71.2 Å². The van der Waals surface area contributed by atoms with Crippen LogP contribution in [0.5, 0.6) is 5.88 Å². The number of ether oxygens (including phenoxy) is 2. The molecule has 2 fully saturated rings. The summed E-state index contributed by atoms with van der Waals surface area (Å²) in [4.78, 5) is 9.53. The predicted molar refractivity (Wildman–Crippen MR) is 136 cm³/mol. The summed E-state index contributed by atoms with van der Waals surface area (Å²) in [7, 11) is 1.80. The topological polar surface area (TPSA) is 79.4 Å². The van der Waals surface area contributed by atoms with Crippen molar-refractivity contribution in [3.05, 3.63) is 41.8 Å². The highest BCUT2D eigenvalue weighted by Gasteiger charge is 2.30. The molecule has 2 aliphatic rings. The molecule has 2 aliphatic heterocycles. The monoisotopic (exact) mass is 492 g/mol. The fraction of sp³-hybridized carbons (Fsp3) is 0.519. The second-order valence-electron chi connectivity index (χ2n) is 9.89. The summed E-state index contributed by atoms with van der Waals surface area (Å²) in [5.74, 6) is 0.148. The maximum Gasteiger partial charge on any atom is 0.245 e. The van der Waals surface area contributed by atoms with Crippen molar-refractivity contribution in [2.45, 2.75) is 57.8 Å². The van der Waals surface area contributed by atoms with Gasteiger partial charge in [0.15, 0.2) is 5.65 Å². The standard InChI is InChI=1S/C27H33FN6O2/c1-18(2)36-27-25-24(33-12-8-21(9-13-33)32-14-10-23(35-3)11-15-32)16-20(17-29)30-26(25)34(31-27)22-6-4-19(28)5-7-22/h4-7,16,18,21,23H,8-15H2,1-3H3. The molecular formula is C27H33FN6O2. The molecule has 3 aromatic rings. The van der Waals surface area contributed by atoms with Crippen molar-refractivity contribution in [3.8, 4) is 17.6 Å². The minimum atomic E-state index is -0.324. The molecule has 8 nitrogen and oxygen atoms in total. The average molecular weight is 493 g/mol. The summed E-state index contributed by atoms with van der Waals surface area (Å²) in [6.45, 7) is 7.83. The lowest BCUT2D eigenvalue weighted by atomic mass is 9.98. The Balaban J connectivity index is 1.48. The lowest BCUT2D eigenvalue weighted by Gasteiger charge is -2.42. The fourth-order valence-corrected chi connectivity index (χ4v) is 5.39. The van der Waals surface area contributed by atoms with E-state index in [0.717, 1.165) is 62.9 Å². The maximum atomic E-state index is 13.6. The van der Waals surface area contributed by atoms with E-state index in [0.29, 0.717) is 35.1 Å². The molecule has 0 radical (unpaired) electrons. The van der Waals surface area contributed by atoms with Gasteiger partial charge in [0.25, 0.3) is 0 Å². The Labute approximate surface area is 211 Å². The summed E-state index contributed by atoms with van der Waals surface area (Å²) in [5, 5.41) is 15.3. The summed E-state index contributed by atoms with van der Waals surface area (Å²) >= 11 is 0. The number of halogens is 1. The molecule has 36 heavy (non-hydrogen) atoms. The van der Waals surface area contributed by atoms with Crippen LogP contribution in [0.1, 0.15) is 45.2 Å². The van der Waals surface area contributed by atoms with Gasteiger partial charge in [-0.05, 0) is 69.9 Å². The minimum absolute atomic E-state index is 0.0889. The molecule has 0 aliphatic carbocycles. The van der Waals surface area contributed by atoms with Gasteiger partial charge in [-0.25, -0.2) is 14.1 Å². The van der Waals surface area contributed by atoms with Gasteiger partial charge in [0.1, 0.15) is 23.0 Å². The number of hydrogen-bond acceptors (Lipinski definition) is 7. The van der Waals surface area contributed by atoms with Gasteiger partial charge in [0.05, 0.1) is 23.6 Å². The largest absolute Gasteiger partial charge is 0.473 e. The molecule has 0 N–H and O–H groups in total. The van der Waals surface area contributed by atoms with Gasteiger partial charge in [-0.3, -0.25) is 0 Å². The van der Waals surface area contributed by atoms with E-state index < -0.39 is 0 Å². The van der Waals surface area contributed by atoms with Gasteiger partial charge < -0.3 is 19.3 Å². The highest BCUT2D eigenvalue weighted by molar-refractivity contribution is 5.96. The van der Waals surface area contributed by atoms with Crippen molar-refractivity contribution in [2.24, 2.45) is 0 Å². The Morgan fingerprint density at radius 1 is 1.06 bits per heavy atom. The van der Waals surface area contributed by atoms with Gasteiger partial charge in [-0.15, -0.1) is 5.10 Å². The molecule has 0 unspecified atom stereocenters. The number of piperidine rings is 2. The van der Waals surface area contributed by atoms with E-state index in [9.17, 15) is 9.65 Å². The maximum absolute atomic E-state index is 13.6. The zero-order valence-electron chi connectivity index (χ0n) is 21.2. The van der Waals surface area contributed by atoms with Crippen molar-refractivity contribution in [1.29, 1.82) is 5.26 Å². The third-order valence-electron chi connectivity index (χ3n) is 7.25. The molecule has 0 saturated carbocycles. The van der Waals surface area contributed by atoms with E-state index in [1.807, 2.05) is 19.9 Å². The first kappa shape index (κ1) is 24.5. The molecular weight excluding hydrogens is 459 g/mol. The van der Waals surface area contributed by atoms with Crippen LogP contribution in [-0.2, 0) is 4.74 Å². The van der Waals surface area contributed by atoms with E-state index in [1.165, 1.54) is 12.1 Å². The van der Waals surface area contributed by atoms with Gasteiger partial charge >= 0.3 is 0 Å². The van der Waals surface area contributed by atoms with Crippen molar-refractivity contribution < 1.29 is 13.9 Å². The number of benzene rings is 1. The third-order valence-corrected chi connectivity index (χ3v) is 7.25. The Morgan fingerprint density at radius 2 is 1.75 bits per heavy atom. The molecule has 0 spiro atoms. The van der Waals surface area contributed by atoms with Gasteiger partial charge in [-0.2, -0.15) is 5.26 Å². The van der Waals surface area contributed by atoms with Gasteiger partial charge in [0, 0.05) is 39.3 Å². The second-order valence-corrected chi connectivity index (χ2v) is 9.89. The molecule has 4 heterocycles. The van der Waals surface area contributed by atoms with E-state index >= 15 is 0 Å². The van der Waals surface area contributed by atoms with E-state index in [-0.39, 0.29) is 11.9 Å². The summed E-state index contributed by atoms with van der Waals surface area (Å²) in [5.41, 5.74) is 2.43. The van der Waals surface area contributed by atoms with Crippen molar-refractivity contribution >= 4 is 16.7 Å². The van der Waals surface area contributed by atoms with E-state index in [4.69, 9.17) is 14.6 Å². The smallest absolute Gasteiger partial charge is 0.245 e. The molecule has 0 bridgehead atoms. The average Bonchev–Trinajstić information content (AvgIpc) is 3.26. The third kappa shape index (κ3) is 4.88. The number of anilines is 1. The lowest BCUT2D eigenvalue weighted by Crippen LogP contribution is -2.48. The Bertz CT molecular complexity index is 1240. The number of rotatable bonds is 6. The Kier molecular flexibility index (Phi) is 7.08. The van der Waals surface area contributed by atoms with E-state index in [2.05, 4.69) is 20.9 Å². The number of fused-ring (bicyclic) bond motifs is 1. The van der Waals surface area contributed by atoms with Crippen molar-refractivity contribution in [3.63, 3.8) is 0 Å². The number of nitriles is 1. The first-order valence-electron chi connectivity index (χ1n) is 12.7. The van der Waals surface area contributed by atoms with Crippen LogP contribution in [0.4, 0.5) is 10.1 Å². The second kappa shape index (κ2) is 10.4. The first-order chi connectivity index (χ1) is 17.5. The summed E-state index contributed by atoms with van der Waals surface area (Å²) in [6.07, 6.45) is 4.57. The van der Waals surface area contributed by atoms with Crippen LogP contribution in [0.2, 0.25) is 0 Å². The number of hydrogen-bond donors (Lipinski definition) is 0. The normalized spacial score (nSPS) is 18.2. The number of methoxy groups -OCH3 is 1. The highest BCUT2D eigenvalue weighted by Crippen LogP contribution is 2.37. The van der Waals surface area contributed by atoms with Crippen LogP contribution < -0.4 is 9.64 Å². The van der Waals surface area contributed by atoms with Crippen molar-refractivity contribution in [1.82, 2.24) is 19.7 Å². The molecule has 0 atom stereocenters. The van der Waals surface area contributed by atoms with Crippen molar-refractivity contribution in [2.75, 3.05) is 38.2 Å². The molecule has 2 saturated heterocycles. The summed E-state index contributed by atoms with van der Waals surface area (Å²) in [6, 6.07) is 10.7. The summed E-state index contributed by atoms with van der Waals surface area (Å²) < 4.78 is 26.9. The van der Waals surface area contributed by atoms with Crippen LogP contribution in [0.25, 0.3) is 16.7 Å². The lowest BCUT2D eigenvalue weighted by molar-refractivity contribution is 0.0233. The highest BCUT2D eigenvalue weighted by atomic mass is 19.1. The number of aromatic nitrogens is 3. The van der Waals surface area contributed by atoms with Gasteiger partial charge in [-0.1, -0.05) is 0 Å². The number of likely N-dealkylation sites (tertiary alicyclic amines) is 1. The van der Waals surface area contributed by atoms with Gasteiger partial charge in [0.2, 0.25) is 5.88 Å². The molecule has 1 aromatic carbocycles. The Morgan fingerprint density at radius 3 is 2.36 bits per heavy atom. The predicted octanol–water partition coefficient (Wildman–Crippen LogP) is 4.30. The fourth-order valence-electron chi connectivity index (χ4n) is 5.39. The molecule has 2 aromatic heterocycles. The molecule has 190 valence electrons. The Hall–Kier alpha value is -3.22. The molecule has 9 heteroatoms. The molecule has 5 rings (SSSR count). The minimum Gasteiger partial charge on any atom is -0.473 e. The zero-order chi connectivity index (χ0) is 25.2.